The summed E-state index contributed by atoms with van der Waals surface area (Å²) in [6.07, 6.45) is 0. The Bertz CT molecular complexity index is 4000. The second-order valence-electron chi connectivity index (χ2n) is 22.2. The fraction of sp³-hybridized carbons (Fsp3) is 0.120. The molecule has 432 valence electrons. The molecule has 0 saturated heterocycles. The molecule has 0 saturated carbocycles. The van der Waals surface area contributed by atoms with Crippen molar-refractivity contribution in [2.75, 3.05) is 0 Å². The van der Waals surface area contributed by atoms with E-state index < -0.39 is 55.3 Å². The van der Waals surface area contributed by atoms with Crippen LogP contribution in [0, 0.1) is 62.3 Å². The second-order valence-corrected chi connectivity index (χ2v) is 30.2. The Morgan fingerprint density at radius 3 is 0.563 bits per heavy atom. The maximum absolute atomic E-state index is 15.8. The molecule has 10 aromatic carbocycles. The number of carbonyl (C=O) groups excluding carboxylic acids is 6. The zero-order chi connectivity index (χ0) is 62.3. The molecule has 0 atom stereocenters. The van der Waals surface area contributed by atoms with Gasteiger partial charge in [-0.15, -0.1) is 0 Å². The van der Waals surface area contributed by atoms with Gasteiger partial charge < -0.3 is 13.7 Å². The lowest BCUT2D eigenvalue weighted by molar-refractivity contribution is 0.103. The van der Waals surface area contributed by atoms with Gasteiger partial charge in [0.1, 0.15) is 0 Å². The molecule has 0 fully saturated rings. The van der Waals surface area contributed by atoms with Gasteiger partial charge in [0.15, 0.2) is 17.3 Å². The number of hydrogen-bond acceptors (Lipinski definition) is 9. The summed E-state index contributed by atoms with van der Waals surface area (Å²) in [6.45, 7) is 15.2. The van der Waals surface area contributed by atoms with Crippen molar-refractivity contribution in [3.8, 4) is 0 Å². The normalized spacial score (nSPS) is 11.7. The minimum Gasteiger partial charge on any atom is -0.305 e. The van der Waals surface area contributed by atoms with E-state index in [0.29, 0.717) is 65.2 Å². The highest BCUT2D eigenvalue weighted by Gasteiger charge is 2.42. The Hall–Kier alpha value is -9.09. The minimum atomic E-state index is -4.10. The zero-order valence-corrected chi connectivity index (χ0v) is 52.5. The molecule has 0 unspecified atom stereocenters. The Morgan fingerprint density at radius 2 is 0.391 bits per heavy atom. The third kappa shape index (κ3) is 10.7. The van der Waals surface area contributed by atoms with Gasteiger partial charge in [0.05, 0.1) is 0 Å². The van der Waals surface area contributed by atoms with Crippen LogP contribution in [-0.2, 0) is 13.7 Å². The van der Waals surface area contributed by atoms with Gasteiger partial charge in [-0.2, -0.15) is 0 Å². The Kier molecular flexibility index (Phi) is 17.1. The predicted molar refractivity (Wildman–Crippen MR) is 351 cm³/mol. The number of rotatable bonds is 18. The first kappa shape index (κ1) is 61.0. The third-order valence-electron chi connectivity index (χ3n) is 16.5. The predicted octanol–water partition coefficient (Wildman–Crippen LogP) is 14.6. The van der Waals surface area contributed by atoms with Gasteiger partial charge in [-0.1, -0.05) is 200 Å². The first-order chi connectivity index (χ1) is 41.6. The van der Waals surface area contributed by atoms with Crippen molar-refractivity contribution in [2.45, 2.75) is 62.3 Å². The van der Waals surface area contributed by atoms with Crippen LogP contribution in [-0.4, -0.2) is 33.9 Å². The monoisotopic (exact) mass is 1200 g/mol. The fourth-order valence-electron chi connectivity index (χ4n) is 12.5. The topological polar surface area (TPSA) is 154 Å². The maximum Gasteiger partial charge on any atom is 0.230 e. The van der Waals surface area contributed by atoms with Crippen molar-refractivity contribution in [2.24, 2.45) is 0 Å². The van der Waals surface area contributed by atoms with Crippen molar-refractivity contribution < 1.29 is 42.5 Å². The van der Waals surface area contributed by atoms with E-state index in [4.69, 9.17) is 0 Å². The van der Waals surface area contributed by atoms with E-state index in [1.54, 1.807) is 263 Å². The van der Waals surface area contributed by atoms with Gasteiger partial charge in [-0.3, -0.25) is 28.8 Å². The van der Waals surface area contributed by atoms with Crippen LogP contribution in [0.5, 0.6) is 0 Å². The SMILES string of the molecule is Cc1cc(C)c(C(=O)P(=O)(c2ccccc2)c2ccccc2)c(C)c1C(=O)c1cc(C(=O)c2c(C)cc(C)c(C(=O)P(=O)(c3ccccc3)c3ccccc3)c2C)cc(C(=O)c2c(C)cc(C)c(C(=O)P(=O)(c3ccccc3)c3ccccc3)c2C)c1. The smallest absolute Gasteiger partial charge is 0.230 e. The molecule has 0 amide bonds. The highest BCUT2D eigenvalue weighted by molar-refractivity contribution is 7.94. The lowest BCUT2D eigenvalue weighted by Crippen LogP contribution is -2.25. The summed E-state index contributed by atoms with van der Waals surface area (Å²) in [6, 6.07) is 60.3. The lowest BCUT2D eigenvalue weighted by Gasteiger charge is -2.23. The first-order valence-electron chi connectivity index (χ1n) is 28.5. The van der Waals surface area contributed by atoms with Gasteiger partial charge in [0, 0.05) is 81.9 Å². The molecule has 0 spiro atoms. The van der Waals surface area contributed by atoms with Gasteiger partial charge in [-0.05, 0) is 131 Å². The molecule has 0 N–H and O–H groups in total. The highest BCUT2D eigenvalue weighted by atomic mass is 31.2. The molecule has 87 heavy (non-hydrogen) atoms. The van der Waals surface area contributed by atoms with Crippen LogP contribution >= 0.6 is 21.4 Å². The molecule has 9 nitrogen and oxygen atoms in total. The van der Waals surface area contributed by atoms with Crippen molar-refractivity contribution in [3.63, 3.8) is 0 Å². The van der Waals surface area contributed by atoms with Crippen molar-refractivity contribution in [3.05, 3.63) is 319 Å². The van der Waals surface area contributed by atoms with E-state index in [1.165, 1.54) is 18.2 Å². The van der Waals surface area contributed by atoms with Crippen LogP contribution in [0.15, 0.2) is 218 Å². The molecule has 0 bridgehead atoms. The second kappa shape index (κ2) is 24.3. The first-order valence-corrected chi connectivity index (χ1v) is 33.6. The Labute approximate surface area is 507 Å². The van der Waals surface area contributed by atoms with Crippen LogP contribution in [0.3, 0.4) is 0 Å². The number of benzene rings is 10. The molecule has 0 aliphatic carbocycles. The number of aryl methyl sites for hydroxylation is 6. The molecule has 0 heterocycles. The van der Waals surface area contributed by atoms with Crippen LogP contribution in [0.2, 0.25) is 0 Å². The average molecular weight is 1200 g/mol. The van der Waals surface area contributed by atoms with Crippen LogP contribution in [0.4, 0.5) is 0 Å². The summed E-state index contributed by atoms with van der Waals surface area (Å²) < 4.78 is 47.0. The molecule has 0 radical (unpaired) electrons. The maximum atomic E-state index is 15.8. The van der Waals surface area contributed by atoms with Gasteiger partial charge >= 0.3 is 0 Å². The van der Waals surface area contributed by atoms with E-state index in [-0.39, 0.29) is 66.8 Å². The summed E-state index contributed by atoms with van der Waals surface area (Å²) in [4.78, 5) is 93.6. The lowest BCUT2D eigenvalue weighted by atomic mass is 9.84. The Balaban J connectivity index is 1.18. The fourth-order valence-corrected chi connectivity index (χ4v) is 20.3. The highest BCUT2D eigenvalue weighted by Crippen LogP contribution is 2.51. The van der Waals surface area contributed by atoms with E-state index >= 15 is 42.5 Å². The van der Waals surface area contributed by atoms with E-state index in [1.807, 2.05) is 0 Å². The van der Waals surface area contributed by atoms with Gasteiger partial charge in [0.2, 0.25) is 38.0 Å². The zero-order valence-electron chi connectivity index (χ0n) is 49.8. The quantitative estimate of drug-likeness (QED) is 0.0603. The number of ketones is 3. The molecular weight excluding hydrogens is 1140 g/mol. The molecule has 10 rings (SSSR count). The summed E-state index contributed by atoms with van der Waals surface area (Å²) >= 11 is 0. The van der Waals surface area contributed by atoms with Crippen LogP contribution in [0.1, 0.15) is 129 Å². The molecule has 12 heteroatoms. The van der Waals surface area contributed by atoms with E-state index in [2.05, 4.69) is 0 Å². The summed E-state index contributed by atoms with van der Waals surface area (Å²) in [5.41, 5.74) is 1.71. The summed E-state index contributed by atoms with van der Waals surface area (Å²) in [5, 5.41) is 1.87. The van der Waals surface area contributed by atoms with Gasteiger partial charge in [-0.25, -0.2) is 0 Å². The third-order valence-corrected chi connectivity index (χ3v) is 25.1. The summed E-state index contributed by atoms with van der Waals surface area (Å²) in [7, 11) is -12.3. The molecule has 0 aromatic heterocycles. The number of carbonyl (C=O) groups is 6. The van der Waals surface area contributed by atoms with Crippen LogP contribution < -0.4 is 31.8 Å². The van der Waals surface area contributed by atoms with Gasteiger partial charge in [0.25, 0.3) is 0 Å². The van der Waals surface area contributed by atoms with Crippen molar-refractivity contribution >= 4 is 87.2 Å². The van der Waals surface area contributed by atoms with E-state index in [0.717, 1.165) is 0 Å². The van der Waals surface area contributed by atoms with Crippen LogP contribution in [0.25, 0.3) is 0 Å². The average Bonchev–Trinajstić information content (AvgIpc) is 1.87. The Morgan fingerprint density at radius 1 is 0.230 bits per heavy atom. The molecule has 10 aromatic rings. The van der Waals surface area contributed by atoms with Crippen molar-refractivity contribution in [1.29, 1.82) is 0 Å². The molecular formula is C75H63O9P3. The van der Waals surface area contributed by atoms with Crippen molar-refractivity contribution in [1.82, 2.24) is 0 Å². The standard InChI is InChI=1S/C75H63O9P3/c1-46-40-49(4)67(73(79)85(82,58-28-16-10-17-29-58)59-30-18-11-19-31-59)52(7)64(46)70(76)55-43-56(71(77)65-47(2)41-50(5)68(53(65)8)74(80)86(83,60-32-20-12-21-33-60)61-34-22-13-23-35-61)45-57(44-55)72(78)66-48(3)42-51(6)69(54(66)9)75(81)87(84,62-36-24-14-25-37-62)63-38-26-15-27-39-63/h10-45H,1-9H3. The largest absolute Gasteiger partial charge is 0.305 e. The molecule has 0 aliphatic rings. The summed E-state index contributed by atoms with van der Waals surface area (Å²) in [5.74, 6) is -1.97. The molecule has 0 aliphatic heterocycles. The minimum absolute atomic E-state index is 0.0842. The number of hydrogen-bond donors (Lipinski definition) is 0. The van der Waals surface area contributed by atoms with E-state index in [9.17, 15) is 0 Å².